The number of carbonyl (C=O) groups excluding carboxylic acids is 1. The van der Waals surface area contributed by atoms with Gasteiger partial charge in [0.2, 0.25) is 5.91 Å². The van der Waals surface area contributed by atoms with E-state index in [1.165, 1.54) is 4.68 Å². The van der Waals surface area contributed by atoms with Gasteiger partial charge in [0.05, 0.1) is 31.8 Å². The molecule has 5 rings (SSSR count). The number of hydrogen-bond donors (Lipinski definition) is 1. The molecule has 3 heterocycles. The number of amides is 1. The van der Waals surface area contributed by atoms with Crippen molar-refractivity contribution < 1.29 is 19.0 Å². The van der Waals surface area contributed by atoms with Crippen molar-refractivity contribution in [2.24, 2.45) is 0 Å². The highest BCUT2D eigenvalue weighted by atomic mass is 16.5. The van der Waals surface area contributed by atoms with Gasteiger partial charge in [0.1, 0.15) is 18.2 Å². The highest BCUT2D eigenvalue weighted by Crippen LogP contribution is 2.45. The minimum Gasteiger partial charge on any atom is -0.497 e. The van der Waals surface area contributed by atoms with Gasteiger partial charge < -0.3 is 19.5 Å². The number of carbonyl (C=O) groups is 1. The number of nitrogens with zero attached hydrogens (tertiary/aromatic N) is 5. The van der Waals surface area contributed by atoms with Gasteiger partial charge in [-0.15, -0.1) is 5.10 Å². The third kappa shape index (κ3) is 4.49. The summed E-state index contributed by atoms with van der Waals surface area (Å²) in [4.78, 5) is 17.6. The zero-order chi connectivity index (χ0) is 25.9. The number of benzene rings is 2. The Morgan fingerprint density at radius 2 is 1.97 bits per heavy atom. The molecule has 0 fully saturated rings. The molecular weight excluding hydrogens is 472 g/mol. The van der Waals surface area contributed by atoms with Crippen molar-refractivity contribution >= 4 is 11.7 Å². The molecule has 1 aliphatic heterocycles. The second-order valence-electron chi connectivity index (χ2n) is 8.41. The van der Waals surface area contributed by atoms with Gasteiger partial charge in [-0.3, -0.25) is 4.79 Å². The maximum Gasteiger partial charge on any atom is 0.272 e. The molecule has 2 aromatic heterocycles. The number of ether oxygens (including phenoxy) is 3. The summed E-state index contributed by atoms with van der Waals surface area (Å²) in [5.74, 6) is 2.17. The molecule has 2 aromatic carbocycles. The molecule has 188 valence electrons. The number of para-hydroxylation sites is 1. The molecule has 10 nitrogen and oxygen atoms in total. The molecule has 0 saturated heterocycles. The smallest absolute Gasteiger partial charge is 0.272 e. The van der Waals surface area contributed by atoms with Crippen LogP contribution in [0.5, 0.6) is 17.2 Å². The van der Waals surface area contributed by atoms with E-state index in [1.54, 1.807) is 26.5 Å². The van der Waals surface area contributed by atoms with E-state index in [9.17, 15) is 4.79 Å². The first-order chi connectivity index (χ1) is 18.0. The van der Waals surface area contributed by atoms with Crippen LogP contribution in [0.15, 0.2) is 61.3 Å². The average molecular weight is 499 g/mol. The number of hydrogen-bond acceptors (Lipinski definition) is 8. The lowest BCUT2D eigenvalue weighted by Crippen LogP contribution is -2.25. The monoisotopic (exact) mass is 498 g/mol. The molecule has 4 aromatic rings. The zero-order valence-electron chi connectivity index (χ0n) is 20.8. The van der Waals surface area contributed by atoms with Gasteiger partial charge >= 0.3 is 0 Å². The van der Waals surface area contributed by atoms with Crippen LogP contribution in [0.1, 0.15) is 29.2 Å². The normalized spacial score (nSPS) is 14.5. The zero-order valence-corrected chi connectivity index (χ0v) is 20.8. The lowest BCUT2D eigenvalue weighted by Gasteiger charge is -2.26. The summed E-state index contributed by atoms with van der Waals surface area (Å²) in [5.41, 5.74) is 3.87. The summed E-state index contributed by atoms with van der Waals surface area (Å²) in [7, 11) is 3.20. The average Bonchev–Trinajstić information content (AvgIpc) is 3.27. The molecule has 0 unspecified atom stereocenters. The van der Waals surface area contributed by atoms with E-state index in [0.717, 1.165) is 28.1 Å². The van der Waals surface area contributed by atoms with E-state index in [-0.39, 0.29) is 24.2 Å². The van der Waals surface area contributed by atoms with Crippen LogP contribution >= 0.6 is 0 Å². The Hall–Kier alpha value is -4.73. The second-order valence-corrected chi connectivity index (χ2v) is 8.41. The van der Waals surface area contributed by atoms with Crippen LogP contribution in [0.2, 0.25) is 0 Å². The van der Waals surface area contributed by atoms with Gasteiger partial charge in [-0.2, -0.15) is 14.9 Å². The van der Waals surface area contributed by atoms with E-state index >= 15 is 0 Å². The van der Waals surface area contributed by atoms with E-state index in [4.69, 9.17) is 19.3 Å². The van der Waals surface area contributed by atoms with Crippen molar-refractivity contribution in [1.82, 2.24) is 25.0 Å². The summed E-state index contributed by atoms with van der Waals surface area (Å²) >= 11 is 0. The highest BCUT2D eigenvalue weighted by molar-refractivity contribution is 5.95. The SMILES string of the molecule is C=CCOc1c(OC)cccc1[C@@H]1CC(=O)Nc2c1c(C)nn2-c1nncc(-c2ccc(OC)cc2)n1. The minimum atomic E-state index is -0.315. The molecule has 0 radical (unpaired) electrons. The lowest BCUT2D eigenvalue weighted by molar-refractivity contribution is -0.116. The predicted octanol–water partition coefficient (Wildman–Crippen LogP) is 4.09. The Bertz CT molecular complexity index is 1460. The van der Waals surface area contributed by atoms with Crippen molar-refractivity contribution in [3.05, 3.63) is 78.1 Å². The fourth-order valence-corrected chi connectivity index (χ4v) is 4.51. The molecular formula is C27H26N6O4. The molecule has 37 heavy (non-hydrogen) atoms. The van der Waals surface area contributed by atoms with Gasteiger partial charge in [-0.25, -0.2) is 4.98 Å². The third-order valence-electron chi connectivity index (χ3n) is 6.18. The molecule has 1 N–H and O–H groups in total. The third-order valence-corrected chi connectivity index (χ3v) is 6.18. The van der Waals surface area contributed by atoms with Crippen molar-refractivity contribution in [2.75, 3.05) is 26.1 Å². The molecule has 1 atom stereocenters. The van der Waals surface area contributed by atoms with Gasteiger partial charge in [0.15, 0.2) is 11.5 Å². The summed E-state index contributed by atoms with van der Waals surface area (Å²) in [6.45, 7) is 5.94. The Morgan fingerprint density at radius 1 is 1.16 bits per heavy atom. The molecule has 10 heteroatoms. The summed E-state index contributed by atoms with van der Waals surface area (Å²) in [5, 5.41) is 16.0. The van der Waals surface area contributed by atoms with Gasteiger partial charge in [0, 0.05) is 29.0 Å². The number of fused-ring (bicyclic) bond motifs is 1. The maximum atomic E-state index is 12.9. The van der Waals surface area contributed by atoms with E-state index in [2.05, 4.69) is 27.1 Å². The molecule has 0 spiro atoms. The molecule has 0 saturated carbocycles. The van der Waals surface area contributed by atoms with Crippen LogP contribution in [-0.2, 0) is 4.79 Å². The fourth-order valence-electron chi connectivity index (χ4n) is 4.51. The standard InChI is InChI=1S/C27H26N6O4/c1-5-13-37-25-19(7-6-8-22(25)36-4)20-14-23(34)30-26-24(20)16(2)32-33(26)27-29-21(15-28-31-27)17-9-11-18(35-3)12-10-17/h5-12,15,20H,1,13-14H2,2-4H3,(H,30,34)/t20-/m0/s1. The molecule has 0 bridgehead atoms. The first-order valence-corrected chi connectivity index (χ1v) is 11.7. The number of rotatable bonds is 8. The summed E-state index contributed by atoms with van der Waals surface area (Å²) < 4.78 is 18.3. The van der Waals surface area contributed by atoms with Crippen LogP contribution in [0.25, 0.3) is 17.2 Å². The van der Waals surface area contributed by atoms with Crippen LogP contribution in [-0.4, -0.2) is 51.7 Å². The Kier molecular flexibility index (Phi) is 6.55. The largest absolute Gasteiger partial charge is 0.497 e. The molecule has 1 amide bonds. The minimum absolute atomic E-state index is 0.157. The van der Waals surface area contributed by atoms with Crippen LogP contribution in [0.3, 0.4) is 0 Å². The Balaban J connectivity index is 1.60. The van der Waals surface area contributed by atoms with Crippen LogP contribution in [0, 0.1) is 6.92 Å². The van der Waals surface area contributed by atoms with E-state index in [1.807, 2.05) is 49.4 Å². The second kappa shape index (κ2) is 10.1. The predicted molar refractivity (Wildman–Crippen MR) is 137 cm³/mol. The fraction of sp³-hybridized carbons (Fsp3) is 0.222. The summed E-state index contributed by atoms with van der Waals surface area (Å²) in [6, 6.07) is 13.1. The number of nitrogens with one attached hydrogen (secondary N) is 1. The highest BCUT2D eigenvalue weighted by Gasteiger charge is 2.35. The quantitative estimate of drug-likeness (QED) is 0.362. The maximum absolute atomic E-state index is 12.9. The number of methoxy groups -OCH3 is 2. The van der Waals surface area contributed by atoms with Crippen molar-refractivity contribution in [3.63, 3.8) is 0 Å². The Morgan fingerprint density at radius 3 is 2.70 bits per heavy atom. The van der Waals surface area contributed by atoms with Gasteiger partial charge in [0.25, 0.3) is 5.95 Å². The lowest BCUT2D eigenvalue weighted by atomic mass is 9.85. The van der Waals surface area contributed by atoms with Crippen LogP contribution < -0.4 is 19.5 Å². The van der Waals surface area contributed by atoms with E-state index < -0.39 is 0 Å². The first-order valence-electron chi connectivity index (χ1n) is 11.7. The van der Waals surface area contributed by atoms with Crippen molar-refractivity contribution in [2.45, 2.75) is 19.3 Å². The number of anilines is 1. The van der Waals surface area contributed by atoms with Crippen LogP contribution in [0.4, 0.5) is 5.82 Å². The Labute approximate surface area is 213 Å². The number of aromatic nitrogens is 5. The summed E-state index contributed by atoms with van der Waals surface area (Å²) in [6.07, 6.45) is 3.47. The van der Waals surface area contributed by atoms with Crippen molar-refractivity contribution in [3.8, 4) is 34.5 Å². The van der Waals surface area contributed by atoms with Gasteiger partial charge in [-0.05, 0) is 37.3 Å². The molecule has 1 aliphatic rings. The number of aryl methyl sites for hydroxylation is 1. The van der Waals surface area contributed by atoms with Gasteiger partial charge in [-0.1, -0.05) is 24.8 Å². The first kappa shape index (κ1) is 24.0. The van der Waals surface area contributed by atoms with E-state index in [0.29, 0.717) is 29.6 Å². The topological polar surface area (TPSA) is 113 Å². The van der Waals surface area contributed by atoms with Crippen molar-refractivity contribution in [1.29, 1.82) is 0 Å². The molecule has 0 aliphatic carbocycles.